The lowest BCUT2D eigenvalue weighted by Gasteiger charge is -2.11. The van der Waals surface area contributed by atoms with Crippen molar-refractivity contribution in [2.45, 2.75) is 6.10 Å². The van der Waals surface area contributed by atoms with E-state index in [9.17, 15) is 15.2 Å². The molecule has 0 heterocycles. The van der Waals surface area contributed by atoms with E-state index < -0.39 is 16.7 Å². The van der Waals surface area contributed by atoms with Crippen LogP contribution in [0.4, 0.5) is 5.69 Å². The van der Waals surface area contributed by atoms with Crippen LogP contribution in [0.5, 0.6) is 11.5 Å². The molecule has 0 amide bonds. The highest BCUT2D eigenvalue weighted by Gasteiger charge is 2.28. The Hall–Kier alpha value is -2.33. The number of nitrogens with zero attached hydrogens (tertiary/aromatic N) is 2. The summed E-state index contributed by atoms with van der Waals surface area (Å²) in [6.07, 6.45) is -1.59. The highest BCUT2D eigenvalue weighted by Crippen LogP contribution is 2.41. The molecule has 1 atom stereocenters. The van der Waals surface area contributed by atoms with Gasteiger partial charge in [-0.2, -0.15) is 5.26 Å². The Morgan fingerprint density at radius 2 is 2.12 bits per heavy atom. The highest BCUT2D eigenvalue weighted by molar-refractivity contribution is 5.61. The lowest BCUT2D eigenvalue weighted by atomic mass is 10.1. The number of hydrogen-bond acceptors (Lipinski definition) is 6. The second kappa shape index (κ2) is 5.14. The van der Waals surface area contributed by atoms with Crippen LogP contribution in [-0.4, -0.2) is 24.2 Å². The second-order valence-corrected chi connectivity index (χ2v) is 3.03. The molecule has 0 spiro atoms. The molecule has 1 N–H and O–H groups in total. The van der Waals surface area contributed by atoms with Crippen LogP contribution in [0, 0.1) is 21.4 Å². The number of ether oxygens (including phenoxy) is 2. The van der Waals surface area contributed by atoms with Gasteiger partial charge in [-0.25, -0.2) is 0 Å². The molecule has 0 aromatic heterocycles. The van der Waals surface area contributed by atoms with E-state index >= 15 is 0 Å². The average molecular weight is 238 g/mol. The molecule has 7 nitrogen and oxygen atoms in total. The maximum atomic E-state index is 10.9. The van der Waals surface area contributed by atoms with Gasteiger partial charge < -0.3 is 14.6 Å². The van der Waals surface area contributed by atoms with Gasteiger partial charge in [0.25, 0.3) is 0 Å². The molecule has 0 fully saturated rings. The molecular formula is C10H10N2O5. The fraction of sp³-hybridized carbons (Fsp3) is 0.300. The number of hydrogen-bond donors (Lipinski definition) is 1. The Morgan fingerprint density at radius 3 is 2.53 bits per heavy atom. The van der Waals surface area contributed by atoms with E-state index in [0.29, 0.717) is 0 Å². The van der Waals surface area contributed by atoms with Crippen LogP contribution < -0.4 is 9.47 Å². The van der Waals surface area contributed by atoms with E-state index in [0.717, 1.165) is 0 Å². The van der Waals surface area contributed by atoms with Crippen LogP contribution >= 0.6 is 0 Å². The molecule has 0 aliphatic heterocycles. The fourth-order valence-electron chi connectivity index (χ4n) is 1.40. The Morgan fingerprint density at radius 1 is 1.47 bits per heavy atom. The van der Waals surface area contributed by atoms with Gasteiger partial charge in [-0.3, -0.25) is 10.1 Å². The first kappa shape index (κ1) is 12.7. The van der Waals surface area contributed by atoms with E-state index in [1.807, 2.05) is 0 Å². The van der Waals surface area contributed by atoms with Gasteiger partial charge in [0, 0.05) is 0 Å². The molecule has 1 aromatic carbocycles. The third-order valence-electron chi connectivity index (χ3n) is 2.15. The summed E-state index contributed by atoms with van der Waals surface area (Å²) in [7, 11) is 2.58. The first-order valence-electron chi connectivity index (χ1n) is 4.53. The van der Waals surface area contributed by atoms with Crippen molar-refractivity contribution in [2.24, 2.45) is 0 Å². The minimum absolute atomic E-state index is 0.121. The third kappa shape index (κ3) is 2.26. The van der Waals surface area contributed by atoms with Gasteiger partial charge >= 0.3 is 5.69 Å². The highest BCUT2D eigenvalue weighted by atomic mass is 16.6. The number of benzene rings is 1. The molecule has 0 saturated carbocycles. The smallest absolute Gasteiger partial charge is 0.321 e. The predicted octanol–water partition coefficient (Wildman–Crippen LogP) is 1.17. The van der Waals surface area contributed by atoms with Crippen LogP contribution in [0.25, 0.3) is 0 Å². The summed E-state index contributed by atoms with van der Waals surface area (Å²) in [6.45, 7) is 0. The zero-order valence-electron chi connectivity index (χ0n) is 9.21. The van der Waals surface area contributed by atoms with Gasteiger partial charge in [-0.1, -0.05) is 0 Å². The maximum absolute atomic E-state index is 10.9. The van der Waals surface area contributed by atoms with Crippen LogP contribution in [0.3, 0.4) is 0 Å². The van der Waals surface area contributed by atoms with Gasteiger partial charge in [0.15, 0.2) is 11.9 Å². The van der Waals surface area contributed by atoms with Crippen molar-refractivity contribution in [3.63, 3.8) is 0 Å². The van der Waals surface area contributed by atoms with Crippen molar-refractivity contribution in [1.82, 2.24) is 0 Å². The van der Waals surface area contributed by atoms with Gasteiger partial charge in [-0.05, 0) is 12.1 Å². The van der Waals surface area contributed by atoms with Crippen LogP contribution in [-0.2, 0) is 0 Å². The molecule has 1 aromatic rings. The van der Waals surface area contributed by atoms with Crippen molar-refractivity contribution in [1.29, 1.82) is 5.26 Å². The number of aliphatic hydroxyl groups is 1. The Bertz CT molecular complexity index is 480. The third-order valence-corrected chi connectivity index (χ3v) is 2.15. The van der Waals surface area contributed by atoms with Crippen LogP contribution in [0.1, 0.15) is 11.7 Å². The van der Waals surface area contributed by atoms with E-state index in [2.05, 4.69) is 0 Å². The van der Waals surface area contributed by atoms with Gasteiger partial charge in [0.1, 0.15) is 0 Å². The molecule has 0 bridgehead atoms. The Balaban J connectivity index is 3.54. The summed E-state index contributed by atoms with van der Waals surface area (Å²) >= 11 is 0. The number of aliphatic hydroxyl groups excluding tert-OH is 1. The van der Waals surface area contributed by atoms with Gasteiger partial charge in [0.2, 0.25) is 5.75 Å². The van der Waals surface area contributed by atoms with Crippen molar-refractivity contribution in [3.05, 3.63) is 27.8 Å². The molecule has 0 aliphatic rings. The first-order valence-corrected chi connectivity index (χ1v) is 4.53. The first-order chi connectivity index (χ1) is 8.06. The normalized spacial score (nSPS) is 11.4. The summed E-state index contributed by atoms with van der Waals surface area (Å²) in [5.41, 5.74) is -0.601. The van der Waals surface area contributed by atoms with Crippen molar-refractivity contribution in [3.8, 4) is 17.6 Å². The van der Waals surface area contributed by atoms with E-state index in [1.54, 1.807) is 0 Å². The molecule has 0 aliphatic carbocycles. The molecule has 7 heteroatoms. The van der Waals surface area contributed by atoms with E-state index in [1.165, 1.54) is 32.4 Å². The lowest BCUT2D eigenvalue weighted by Crippen LogP contribution is -2.04. The Labute approximate surface area is 97.0 Å². The summed E-state index contributed by atoms with van der Waals surface area (Å²) in [5.74, 6) is 0.0392. The average Bonchev–Trinajstić information content (AvgIpc) is 2.35. The van der Waals surface area contributed by atoms with E-state index in [4.69, 9.17) is 14.7 Å². The minimum atomic E-state index is -1.59. The van der Waals surface area contributed by atoms with Crippen LogP contribution in [0.15, 0.2) is 12.1 Å². The number of nitro groups is 1. The fourth-order valence-corrected chi connectivity index (χ4v) is 1.40. The zero-order chi connectivity index (χ0) is 13.0. The SMILES string of the molecule is COc1ccc(C(O)C#N)c([N+](=O)[O-])c1OC. The quantitative estimate of drug-likeness (QED) is 0.479. The summed E-state index contributed by atoms with van der Waals surface area (Å²) in [6, 6.07) is 4.17. The molecule has 1 unspecified atom stereocenters. The Kier molecular flexibility index (Phi) is 3.85. The lowest BCUT2D eigenvalue weighted by molar-refractivity contribution is -0.387. The number of methoxy groups -OCH3 is 2. The second-order valence-electron chi connectivity index (χ2n) is 3.03. The topological polar surface area (TPSA) is 106 Å². The monoisotopic (exact) mass is 238 g/mol. The van der Waals surface area contributed by atoms with Crippen molar-refractivity contribution < 1.29 is 19.5 Å². The standard InChI is InChI=1S/C10H10N2O5/c1-16-8-4-3-6(7(13)5-11)9(12(14)15)10(8)17-2/h3-4,7,13H,1-2H3. The number of rotatable bonds is 4. The van der Waals surface area contributed by atoms with Crippen LogP contribution in [0.2, 0.25) is 0 Å². The molecule has 0 saturated heterocycles. The molecule has 1 rings (SSSR count). The summed E-state index contributed by atoms with van der Waals surface area (Å²) in [5, 5.41) is 28.9. The summed E-state index contributed by atoms with van der Waals surface area (Å²) in [4.78, 5) is 10.2. The molecule has 0 radical (unpaired) electrons. The zero-order valence-corrected chi connectivity index (χ0v) is 9.21. The van der Waals surface area contributed by atoms with Gasteiger partial charge in [-0.15, -0.1) is 0 Å². The molecular weight excluding hydrogens is 228 g/mol. The number of nitro benzene ring substituents is 1. The predicted molar refractivity (Wildman–Crippen MR) is 56.8 cm³/mol. The van der Waals surface area contributed by atoms with Gasteiger partial charge in [0.05, 0.1) is 30.8 Å². The maximum Gasteiger partial charge on any atom is 0.321 e. The molecule has 17 heavy (non-hydrogen) atoms. The largest absolute Gasteiger partial charge is 0.493 e. The van der Waals surface area contributed by atoms with Crippen molar-refractivity contribution >= 4 is 5.69 Å². The molecule has 90 valence electrons. The van der Waals surface area contributed by atoms with Crippen molar-refractivity contribution in [2.75, 3.05) is 14.2 Å². The number of nitriles is 1. The summed E-state index contributed by atoms with van der Waals surface area (Å²) < 4.78 is 9.78. The van der Waals surface area contributed by atoms with E-state index in [-0.39, 0.29) is 17.1 Å². The minimum Gasteiger partial charge on any atom is -0.493 e.